The number of nitrogens with zero attached hydrogens (tertiary/aromatic N) is 2. The van der Waals surface area contributed by atoms with E-state index in [9.17, 15) is 9.59 Å². The first-order chi connectivity index (χ1) is 10.6. The molecule has 0 spiro atoms. The maximum absolute atomic E-state index is 12.7. The van der Waals surface area contributed by atoms with Crippen LogP contribution in [0.25, 0.3) is 0 Å². The summed E-state index contributed by atoms with van der Waals surface area (Å²) >= 11 is 6.01. The summed E-state index contributed by atoms with van der Waals surface area (Å²) in [4.78, 5) is 27.1. The fraction of sp³-hybridized carbons (Fsp3) is 0.467. The van der Waals surface area contributed by atoms with Crippen molar-refractivity contribution in [3.8, 4) is 5.75 Å². The number of halogens is 1. The highest BCUT2D eigenvalue weighted by Gasteiger charge is 2.32. The summed E-state index contributed by atoms with van der Waals surface area (Å²) < 4.78 is 5.55. The van der Waals surface area contributed by atoms with Gasteiger partial charge in [-0.25, -0.2) is 4.79 Å². The van der Waals surface area contributed by atoms with E-state index in [0.29, 0.717) is 55.5 Å². The van der Waals surface area contributed by atoms with Crippen molar-refractivity contribution in [2.75, 3.05) is 31.1 Å². The number of carbonyl (C=O) groups is 2. The molecule has 2 aliphatic heterocycles. The minimum absolute atomic E-state index is 0.115. The van der Waals surface area contributed by atoms with Gasteiger partial charge < -0.3 is 14.7 Å². The van der Waals surface area contributed by atoms with E-state index in [1.165, 1.54) is 0 Å². The molecule has 0 aliphatic carbocycles. The number of ether oxygens (including phenoxy) is 1. The van der Waals surface area contributed by atoms with E-state index in [-0.39, 0.29) is 11.9 Å². The second-order valence-electron chi connectivity index (χ2n) is 5.49. The number of hydrogen-bond acceptors (Lipinski definition) is 3. The van der Waals surface area contributed by atoms with Crippen LogP contribution in [0.4, 0.5) is 10.5 Å². The molecule has 0 unspecified atom stereocenters. The second-order valence-corrected chi connectivity index (χ2v) is 5.93. The van der Waals surface area contributed by atoms with Crippen molar-refractivity contribution in [2.24, 2.45) is 5.92 Å². The molecular formula is C15H17ClN2O4. The molecule has 0 bridgehead atoms. The number of piperidine rings is 1. The van der Waals surface area contributed by atoms with Crippen molar-refractivity contribution in [3.63, 3.8) is 0 Å². The number of rotatable bonds is 1. The van der Waals surface area contributed by atoms with E-state index >= 15 is 0 Å². The topological polar surface area (TPSA) is 70.1 Å². The van der Waals surface area contributed by atoms with E-state index in [2.05, 4.69) is 0 Å². The molecule has 0 radical (unpaired) electrons. The third-order valence-corrected chi connectivity index (χ3v) is 4.36. The summed E-state index contributed by atoms with van der Waals surface area (Å²) in [6.07, 6.45) is 0.988. The highest BCUT2D eigenvalue weighted by Crippen LogP contribution is 2.35. The summed E-state index contributed by atoms with van der Waals surface area (Å²) in [5, 5.41) is 9.58. The van der Waals surface area contributed by atoms with E-state index in [4.69, 9.17) is 21.4 Å². The van der Waals surface area contributed by atoms with Crippen molar-refractivity contribution in [2.45, 2.75) is 12.8 Å². The zero-order valence-corrected chi connectivity index (χ0v) is 12.8. The molecule has 1 aromatic carbocycles. The molecule has 2 aliphatic rings. The summed E-state index contributed by atoms with van der Waals surface area (Å²) in [5.41, 5.74) is 0.670. The number of carboxylic acid groups (broad SMARTS) is 1. The average Bonchev–Trinajstić information content (AvgIpc) is 2.53. The molecule has 1 saturated heterocycles. The van der Waals surface area contributed by atoms with Gasteiger partial charge in [0.2, 0.25) is 0 Å². The van der Waals surface area contributed by atoms with Gasteiger partial charge in [0.1, 0.15) is 12.4 Å². The van der Waals surface area contributed by atoms with Gasteiger partial charge in [-0.1, -0.05) is 11.6 Å². The van der Waals surface area contributed by atoms with E-state index in [1.807, 2.05) is 0 Å². The van der Waals surface area contributed by atoms with Crippen LogP contribution in [0.3, 0.4) is 0 Å². The van der Waals surface area contributed by atoms with Gasteiger partial charge in [0.05, 0.1) is 18.2 Å². The number of hydrogen-bond donors (Lipinski definition) is 1. The van der Waals surface area contributed by atoms with Crippen molar-refractivity contribution in [1.82, 2.24) is 4.90 Å². The molecule has 3 rings (SSSR count). The third-order valence-electron chi connectivity index (χ3n) is 4.13. The zero-order valence-electron chi connectivity index (χ0n) is 12.0. The van der Waals surface area contributed by atoms with Gasteiger partial charge >= 0.3 is 12.0 Å². The van der Waals surface area contributed by atoms with Crippen LogP contribution in [0.1, 0.15) is 12.8 Å². The number of aliphatic carboxylic acids is 1. The second kappa shape index (κ2) is 6.04. The summed E-state index contributed by atoms with van der Waals surface area (Å²) in [6, 6.07) is 5.09. The Hall–Kier alpha value is -1.95. The highest BCUT2D eigenvalue weighted by molar-refractivity contribution is 6.31. The van der Waals surface area contributed by atoms with Crippen molar-refractivity contribution in [3.05, 3.63) is 23.2 Å². The molecule has 1 N–H and O–H groups in total. The van der Waals surface area contributed by atoms with Gasteiger partial charge in [-0.3, -0.25) is 9.69 Å². The number of carbonyl (C=O) groups excluding carboxylic acids is 1. The average molecular weight is 325 g/mol. The lowest BCUT2D eigenvalue weighted by atomic mass is 9.97. The SMILES string of the molecule is O=C(O)C1CCN(C(=O)N2CCOc3ccc(Cl)cc32)CC1. The van der Waals surface area contributed by atoms with E-state index < -0.39 is 5.97 Å². The van der Waals surface area contributed by atoms with Crippen LogP contribution in [0.2, 0.25) is 5.02 Å². The Morgan fingerprint density at radius 2 is 1.95 bits per heavy atom. The summed E-state index contributed by atoms with van der Waals surface area (Å²) in [5.74, 6) is -0.490. The third kappa shape index (κ3) is 2.83. The molecule has 1 fully saturated rings. The lowest BCUT2D eigenvalue weighted by Crippen LogP contribution is -2.49. The van der Waals surface area contributed by atoms with Gasteiger partial charge in [-0.2, -0.15) is 0 Å². The zero-order chi connectivity index (χ0) is 15.7. The van der Waals surface area contributed by atoms with Gasteiger partial charge in [0.25, 0.3) is 0 Å². The molecule has 2 amide bonds. The smallest absolute Gasteiger partial charge is 0.324 e. The Morgan fingerprint density at radius 3 is 2.64 bits per heavy atom. The molecule has 118 valence electrons. The van der Waals surface area contributed by atoms with Crippen LogP contribution < -0.4 is 9.64 Å². The lowest BCUT2D eigenvalue weighted by Gasteiger charge is -2.37. The van der Waals surface area contributed by atoms with Crippen molar-refractivity contribution in [1.29, 1.82) is 0 Å². The van der Waals surface area contributed by atoms with Crippen molar-refractivity contribution < 1.29 is 19.4 Å². The fourth-order valence-electron chi connectivity index (χ4n) is 2.88. The Bertz CT molecular complexity index is 599. The van der Waals surface area contributed by atoms with Crippen LogP contribution in [0, 0.1) is 5.92 Å². The Kier molecular flexibility index (Phi) is 4.11. The minimum atomic E-state index is -0.782. The minimum Gasteiger partial charge on any atom is -0.490 e. The first-order valence-electron chi connectivity index (χ1n) is 7.28. The molecule has 0 atom stereocenters. The largest absolute Gasteiger partial charge is 0.490 e. The lowest BCUT2D eigenvalue weighted by molar-refractivity contribution is -0.143. The molecule has 1 aromatic rings. The molecule has 0 aromatic heterocycles. The first-order valence-corrected chi connectivity index (χ1v) is 7.65. The number of likely N-dealkylation sites (tertiary alicyclic amines) is 1. The monoisotopic (exact) mass is 324 g/mol. The predicted molar refractivity (Wildman–Crippen MR) is 81.6 cm³/mol. The summed E-state index contributed by atoms with van der Waals surface area (Å²) in [6.45, 7) is 1.82. The molecule has 22 heavy (non-hydrogen) atoms. The molecule has 6 nitrogen and oxygen atoms in total. The van der Waals surface area contributed by atoms with Gasteiger partial charge in [0, 0.05) is 18.1 Å². The van der Waals surface area contributed by atoms with E-state index in [1.54, 1.807) is 28.0 Å². The fourth-order valence-corrected chi connectivity index (χ4v) is 3.04. The Morgan fingerprint density at radius 1 is 1.23 bits per heavy atom. The normalized spacial score (nSPS) is 18.6. The van der Waals surface area contributed by atoms with Gasteiger partial charge in [0.15, 0.2) is 0 Å². The van der Waals surface area contributed by atoms with Gasteiger partial charge in [-0.15, -0.1) is 0 Å². The standard InChI is InChI=1S/C15H17ClN2O4/c16-11-1-2-13-12(9-11)18(7-8-22-13)15(21)17-5-3-10(4-6-17)14(19)20/h1-2,9-10H,3-8H2,(H,19,20). The number of carboxylic acids is 1. The predicted octanol–water partition coefficient (Wildman–Crippen LogP) is 2.46. The highest BCUT2D eigenvalue weighted by atomic mass is 35.5. The van der Waals surface area contributed by atoms with Crippen LogP contribution >= 0.6 is 11.6 Å². The first kappa shape index (κ1) is 15.0. The Labute approximate surface area is 133 Å². The number of amides is 2. The van der Waals surface area contributed by atoms with Crippen LogP contribution in [-0.4, -0.2) is 48.2 Å². The Balaban J connectivity index is 1.74. The quantitative estimate of drug-likeness (QED) is 0.861. The maximum atomic E-state index is 12.7. The van der Waals surface area contributed by atoms with Crippen LogP contribution in [0.5, 0.6) is 5.75 Å². The molecule has 2 heterocycles. The van der Waals surface area contributed by atoms with Gasteiger partial charge in [-0.05, 0) is 31.0 Å². The van der Waals surface area contributed by atoms with E-state index in [0.717, 1.165) is 0 Å². The molecular weight excluding hydrogens is 308 g/mol. The van der Waals surface area contributed by atoms with Crippen LogP contribution in [-0.2, 0) is 4.79 Å². The maximum Gasteiger partial charge on any atom is 0.324 e. The number of urea groups is 1. The summed E-state index contributed by atoms with van der Waals surface area (Å²) in [7, 11) is 0. The van der Waals surface area contributed by atoms with Crippen molar-refractivity contribution >= 4 is 29.3 Å². The number of anilines is 1. The number of fused-ring (bicyclic) bond motifs is 1. The molecule has 0 saturated carbocycles. The van der Waals surface area contributed by atoms with Crippen LogP contribution in [0.15, 0.2) is 18.2 Å². The number of benzene rings is 1. The molecule has 7 heteroatoms.